The van der Waals surface area contributed by atoms with E-state index in [1.54, 1.807) is 12.1 Å². The summed E-state index contributed by atoms with van der Waals surface area (Å²) in [4.78, 5) is 22.0. The van der Waals surface area contributed by atoms with Gasteiger partial charge in [-0.05, 0) is 0 Å². The maximum Gasteiger partial charge on any atom is 0.435 e. The third-order valence-corrected chi connectivity index (χ3v) is 5.63. The highest BCUT2D eigenvalue weighted by molar-refractivity contribution is 6.29. The molecule has 4 aromatic rings. The van der Waals surface area contributed by atoms with E-state index in [2.05, 4.69) is 35.0 Å². The Labute approximate surface area is 220 Å². The predicted octanol–water partition coefficient (Wildman–Crippen LogP) is 5.94. The average Bonchev–Trinajstić information content (AvgIpc) is 2.93. The van der Waals surface area contributed by atoms with Crippen LogP contribution in [0.3, 0.4) is 0 Å². The molecular weight excluding hydrogens is 538 g/mol. The lowest BCUT2D eigenvalue weighted by molar-refractivity contribution is -0.141. The zero-order chi connectivity index (χ0) is 28.7. The first-order chi connectivity index (χ1) is 19.0. The molecule has 1 aliphatic rings. The summed E-state index contributed by atoms with van der Waals surface area (Å²) < 4.78 is 85.1. The molecule has 2 heterocycles. The van der Waals surface area contributed by atoms with Crippen molar-refractivity contribution in [3.63, 3.8) is 0 Å². The number of aromatic nitrogens is 4. The van der Waals surface area contributed by atoms with Crippen molar-refractivity contribution in [2.75, 3.05) is 0 Å². The fourth-order valence-corrected chi connectivity index (χ4v) is 4.05. The van der Waals surface area contributed by atoms with Crippen LogP contribution in [0.1, 0.15) is 34.2 Å². The van der Waals surface area contributed by atoms with Crippen LogP contribution >= 0.6 is 0 Å². The number of aliphatic imine (C=N–C) groups is 1. The van der Waals surface area contributed by atoms with Gasteiger partial charge >= 0.3 is 12.4 Å². The van der Waals surface area contributed by atoms with Crippen LogP contribution in [0.4, 0.5) is 26.3 Å². The molecule has 0 saturated carbocycles. The van der Waals surface area contributed by atoms with E-state index in [1.165, 1.54) is 54.7 Å². The SMILES string of the molecule is [C-]#[N+]/N=C1\c2nc(-c3ccccc3)c(C(F)(F)F)nc2C(=NC#N)c2nc(-c3ccccc3)c(C(F)(F)F)nc21. The Balaban J connectivity index is 1.91. The van der Waals surface area contributed by atoms with Crippen LogP contribution in [0.2, 0.25) is 0 Å². The number of rotatable bonds is 2. The van der Waals surface area contributed by atoms with Crippen molar-refractivity contribution in [1.29, 1.82) is 5.26 Å². The van der Waals surface area contributed by atoms with Gasteiger partial charge < -0.3 is 0 Å². The molecular formula is C26H10F6N8. The van der Waals surface area contributed by atoms with Gasteiger partial charge in [0, 0.05) is 11.1 Å². The maximum atomic E-state index is 14.2. The molecule has 0 saturated heterocycles. The van der Waals surface area contributed by atoms with Crippen LogP contribution < -0.4 is 0 Å². The summed E-state index contributed by atoms with van der Waals surface area (Å²) in [6.07, 6.45) is -8.65. The molecule has 5 rings (SSSR count). The van der Waals surface area contributed by atoms with E-state index in [1.807, 2.05) is 0 Å². The predicted molar refractivity (Wildman–Crippen MR) is 128 cm³/mol. The summed E-state index contributed by atoms with van der Waals surface area (Å²) in [6.45, 7) is 7.22. The van der Waals surface area contributed by atoms with E-state index < -0.39 is 69.3 Å². The molecule has 8 nitrogen and oxygen atoms in total. The first-order valence-electron chi connectivity index (χ1n) is 11.1. The minimum atomic E-state index is -5.04. The minimum absolute atomic E-state index is 0.0154. The molecule has 0 unspecified atom stereocenters. The summed E-state index contributed by atoms with van der Waals surface area (Å²) in [5.74, 6) is 0. The quantitative estimate of drug-likeness (QED) is 0.118. The zero-order valence-corrected chi connectivity index (χ0v) is 19.6. The molecule has 0 spiro atoms. The lowest BCUT2D eigenvalue weighted by Gasteiger charge is -2.23. The Bertz CT molecular complexity index is 1650. The Kier molecular flexibility index (Phi) is 6.31. The molecule has 0 radical (unpaired) electrons. The van der Waals surface area contributed by atoms with Crippen LogP contribution in [0.25, 0.3) is 27.5 Å². The summed E-state index contributed by atoms with van der Waals surface area (Å²) in [6, 6.07) is 14.2. The highest BCUT2D eigenvalue weighted by atomic mass is 19.4. The van der Waals surface area contributed by atoms with E-state index in [-0.39, 0.29) is 11.1 Å². The Morgan fingerprint density at radius 2 is 1.02 bits per heavy atom. The van der Waals surface area contributed by atoms with E-state index >= 15 is 0 Å². The average molecular weight is 548 g/mol. The lowest BCUT2D eigenvalue weighted by atomic mass is 9.94. The number of nitrogens with zero attached hydrogens (tertiary/aromatic N) is 8. The number of nitriles is 1. The summed E-state index contributed by atoms with van der Waals surface area (Å²) >= 11 is 0. The van der Waals surface area contributed by atoms with Crippen molar-refractivity contribution in [3.05, 3.63) is 106 Å². The van der Waals surface area contributed by atoms with Gasteiger partial charge in [0.25, 0.3) is 0 Å². The monoisotopic (exact) mass is 548 g/mol. The van der Waals surface area contributed by atoms with Gasteiger partial charge in [-0.1, -0.05) is 60.7 Å². The van der Waals surface area contributed by atoms with Gasteiger partial charge in [-0.3, -0.25) is 0 Å². The van der Waals surface area contributed by atoms with Gasteiger partial charge in [0.15, 0.2) is 11.4 Å². The van der Waals surface area contributed by atoms with Crippen molar-refractivity contribution in [3.8, 4) is 28.7 Å². The Morgan fingerprint density at radius 1 is 0.625 bits per heavy atom. The molecule has 1 aliphatic carbocycles. The second-order valence-electron chi connectivity index (χ2n) is 8.07. The van der Waals surface area contributed by atoms with Crippen molar-refractivity contribution >= 4 is 11.4 Å². The number of halogens is 6. The second kappa shape index (κ2) is 9.67. The van der Waals surface area contributed by atoms with Gasteiger partial charge in [0.1, 0.15) is 39.9 Å². The van der Waals surface area contributed by atoms with Gasteiger partial charge in [0.2, 0.25) is 11.9 Å². The van der Waals surface area contributed by atoms with Gasteiger partial charge in [-0.25, -0.2) is 19.9 Å². The van der Waals surface area contributed by atoms with Gasteiger partial charge in [0.05, 0.1) is 5.10 Å². The van der Waals surface area contributed by atoms with E-state index in [9.17, 15) is 31.6 Å². The Morgan fingerprint density at radius 3 is 1.43 bits per heavy atom. The highest BCUT2D eigenvalue weighted by Crippen LogP contribution is 2.40. The van der Waals surface area contributed by atoms with Crippen LogP contribution in [0.5, 0.6) is 0 Å². The van der Waals surface area contributed by atoms with E-state index in [0.717, 1.165) is 0 Å². The molecule has 0 amide bonds. The number of alkyl halides is 6. The first kappa shape index (κ1) is 26.1. The number of benzene rings is 2. The van der Waals surface area contributed by atoms with Crippen molar-refractivity contribution < 1.29 is 26.3 Å². The van der Waals surface area contributed by atoms with Crippen LogP contribution in [-0.2, 0) is 12.4 Å². The number of hydrogen-bond donors (Lipinski definition) is 0. The molecule has 196 valence electrons. The van der Waals surface area contributed by atoms with Crippen LogP contribution in [-0.4, -0.2) is 31.4 Å². The normalized spacial score (nSPS) is 14.8. The van der Waals surface area contributed by atoms with Gasteiger partial charge in [-0.2, -0.15) is 43.2 Å². The minimum Gasteiger partial charge on any atom is -0.241 e. The molecule has 0 bridgehead atoms. The zero-order valence-electron chi connectivity index (χ0n) is 19.6. The van der Waals surface area contributed by atoms with Crippen LogP contribution in [0, 0.1) is 18.0 Å². The largest absolute Gasteiger partial charge is 0.435 e. The van der Waals surface area contributed by atoms with Crippen LogP contribution in [0.15, 0.2) is 70.8 Å². The topological polar surface area (TPSA) is 104 Å². The molecule has 0 N–H and O–H groups in total. The third kappa shape index (κ3) is 4.52. The fourth-order valence-electron chi connectivity index (χ4n) is 4.05. The van der Waals surface area contributed by atoms with Gasteiger partial charge in [-0.15, -0.1) is 4.95 Å². The molecule has 14 heteroatoms. The van der Waals surface area contributed by atoms with E-state index in [4.69, 9.17) is 6.57 Å². The number of fused-ring (bicyclic) bond motifs is 2. The summed E-state index contributed by atoms with van der Waals surface area (Å²) in [5.41, 5.74) is -7.79. The van der Waals surface area contributed by atoms with Crippen molar-refractivity contribution in [2.24, 2.45) is 10.1 Å². The lowest BCUT2D eigenvalue weighted by Crippen LogP contribution is -2.31. The molecule has 0 atom stereocenters. The van der Waals surface area contributed by atoms with Crippen molar-refractivity contribution in [1.82, 2.24) is 19.9 Å². The molecule has 2 aromatic heterocycles. The third-order valence-electron chi connectivity index (χ3n) is 5.63. The summed E-state index contributed by atoms with van der Waals surface area (Å²) in [5, 5.41) is 12.9. The van der Waals surface area contributed by atoms with Crippen molar-refractivity contribution in [2.45, 2.75) is 12.4 Å². The first-order valence-corrected chi connectivity index (χ1v) is 11.1. The highest BCUT2D eigenvalue weighted by Gasteiger charge is 2.44. The molecule has 2 aromatic carbocycles. The standard InChI is InChI=1S/C26H10F6N8/c1-34-40-22-20-19(38-23(25(27,28)29)16(37-20)14-10-6-3-7-11-14)17(35-12-33)18-21(22)39-24(26(30,31)32)15(36-18)13-8-4-2-5-9-13/h2-11H/b35-17?,40-22+. The fraction of sp³-hybridized carbons (Fsp3) is 0.0769. The Hall–Kier alpha value is -5.50. The summed E-state index contributed by atoms with van der Waals surface area (Å²) in [7, 11) is 0. The molecule has 40 heavy (non-hydrogen) atoms. The molecule has 0 aliphatic heterocycles. The second-order valence-corrected chi connectivity index (χ2v) is 8.07. The smallest absolute Gasteiger partial charge is 0.241 e. The number of hydrogen-bond acceptors (Lipinski definition) is 7. The maximum absolute atomic E-state index is 14.2. The molecule has 0 fully saturated rings. The van der Waals surface area contributed by atoms with E-state index in [0.29, 0.717) is 0 Å².